The van der Waals surface area contributed by atoms with Crippen LogP contribution < -0.4 is 10.5 Å². The van der Waals surface area contributed by atoms with Crippen LogP contribution in [-0.4, -0.2) is 18.8 Å². The van der Waals surface area contributed by atoms with E-state index < -0.39 is 23.7 Å². The highest BCUT2D eigenvalue weighted by Gasteiger charge is 2.25. The minimum atomic E-state index is -1.13. The van der Waals surface area contributed by atoms with Gasteiger partial charge in [0, 0.05) is 24.1 Å². The molecule has 0 radical (unpaired) electrons. The van der Waals surface area contributed by atoms with Crippen molar-refractivity contribution in [1.29, 1.82) is 0 Å². The van der Waals surface area contributed by atoms with Crippen LogP contribution in [0.25, 0.3) is 0 Å². The fourth-order valence-electron chi connectivity index (χ4n) is 2.38. The van der Waals surface area contributed by atoms with Gasteiger partial charge in [-0.2, -0.15) is 0 Å². The van der Waals surface area contributed by atoms with Crippen LogP contribution in [0.4, 0.5) is 8.78 Å². The quantitative estimate of drug-likeness (QED) is 0.891. The maximum absolute atomic E-state index is 13.3. The molecule has 3 nitrogen and oxygen atoms in total. The number of aliphatic hydroxyl groups excluding tert-OH is 1. The molecule has 0 aliphatic rings. The van der Waals surface area contributed by atoms with E-state index in [1.165, 1.54) is 7.11 Å². The van der Waals surface area contributed by atoms with Gasteiger partial charge in [0.1, 0.15) is 17.4 Å². The Morgan fingerprint density at radius 2 is 1.76 bits per heavy atom. The molecule has 0 saturated carbocycles. The molecule has 0 amide bonds. The molecular weight excluding hydrogens is 276 g/mol. The van der Waals surface area contributed by atoms with E-state index in [0.29, 0.717) is 11.3 Å². The van der Waals surface area contributed by atoms with Gasteiger partial charge < -0.3 is 15.6 Å². The zero-order valence-electron chi connectivity index (χ0n) is 11.6. The second kappa shape index (κ2) is 6.65. The Morgan fingerprint density at radius 3 is 2.33 bits per heavy atom. The molecule has 0 bridgehead atoms. The summed E-state index contributed by atoms with van der Waals surface area (Å²) in [6.07, 6.45) is -1.13. The molecule has 0 aromatic heterocycles. The van der Waals surface area contributed by atoms with Crippen LogP contribution >= 0.6 is 0 Å². The van der Waals surface area contributed by atoms with Gasteiger partial charge in [-0.25, -0.2) is 8.78 Å². The Morgan fingerprint density at radius 1 is 1.14 bits per heavy atom. The smallest absolute Gasteiger partial charge is 0.126 e. The number of aliphatic hydroxyl groups is 1. The van der Waals surface area contributed by atoms with Crippen LogP contribution in [0.5, 0.6) is 5.75 Å². The van der Waals surface area contributed by atoms with Gasteiger partial charge in [0.25, 0.3) is 0 Å². The van der Waals surface area contributed by atoms with Gasteiger partial charge in [0.05, 0.1) is 13.2 Å². The zero-order valence-corrected chi connectivity index (χ0v) is 11.6. The number of hydrogen-bond donors (Lipinski definition) is 2. The fourth-order valence-corrected chi connectivity index (χ4v) is 2.38. The van der Waals surface area contributed by atoms with E-state index >= 15 is 0 Å². The van der Waals surface area contributed by atoms with Gasteiger partial charge >= 0.3 is 0 Å². The first-order valence-corrected chi connectivity index (χ1v) is 6.54. The van der Waals surface area contributed by atoms with Gasteiger partial charge in [0.2, 0.25) is 0 Å². The summed E-state index contributed by atoms with van der Waals surface area (Å²) in [4.78, 5) is 0. The Hall–Kier alpha value is -1.98. The van der Waals surface area contributed by atoms with Gasteiger partial charge in [-0.3, -0.25) is 0 Å². The van der Waals surface area contributed by atoms with Gasteiger partial charge in [-0.15, -0.1) is 0 Å². The van der Waals surface area contributed by atoms with Crippen LogP contribution in [0.15, 0.2) is 42.5 Å². The topological polar surface area (TPSA) is 55.5 Å². The first-order valence-electron chi connectivity index (χ1n) is 6.54. The van der Waals surface area contributed by atoms with Gasteiger partial charge in [-0.1, -0.05) is 18.2 Å². The lowest BCUT2D eigenvalue weighted by Crippen LogP contribution is -2.21. The van der Waals surface area contributed by atoms with Crippen molar-refractivity contribution >= 4 is 0 Å². The summed E-state index contributed by atoms with van der Waals surface area (Å²) < 4.78 is 31.8. The molecule has 0 heterocycles. The third-order valence-electron chi connectivity index (χ3n) is 3.40. The van der Waals surface area contributed by atoms with Crippen molar-refractivity contribution in [1.82, 2.24) is 0 Å². The number of ether oxygens (including phenoxy) is 1. The third kappa shape index (κ3) is 3.37. The Kier molecular flexibility index (Phi) is 4.88. The summed E-state index contributed by atoms with van der Waals surface area (Å²) in [5.41, 5.74) is 6.58. The lowest BCUT2D eigenvalue weighted by atomic mass is 9.88. The summed E-state index contributed by atoms with van der Waals surface area (Å²) in [5, 5.41) is 10.4. The summed E-state index contributed by atoms with van der Waals surface area (Å²) in [6.45, 7) is 0.111. The number of nitrogens with two attached hydrogens (primary N) is 1. The molecule has 0 aliphatic heterocycles. The third-order valence-corrected chi connectivity index (χ3v) is 3.40. The number of rotatable bonds is 5. The molecule has 3 N–H and O–H groups in total. The Labute approximate surface area is 122 Å². The second-order valence-corrected chi connectivity index (χ2v) is 4.73. The molecule has 0 fully saturated rings. The minimum Gasteiger partial charge on any atom is -0.496 e. The van der Waals surface area contributed by atoms with Crippen molar-refractivity contribution in [2.45, 2.75) is 12.0 Å². The number of hydrogen-bond acceptors (Lipinski definition) is 3. The predicted octanol–water partition coefficient (Wildman–Crippen LogP) is 2.75. The van der Waals surface area contributed by atoms with E-state index in [9.17, 15) is 13.9 Å². The van der Waals surface area contributed by atoms with E-state index in [-0.39, 0.29) is 12.1 Å². The number of halogens is 2. The van der Waals surface area contributed by atoms with Crippen molar-refractivity contribution in [2.24, 2.45) is 5.73 Å². The number of para-hydroxylation sites is 1. The molecule has 5 heteroatoms. The summed E-state index contributed by atoms with van der Waals surface area (Å²) >= 11 is 0. The van der Waals surface area contributed by atoms with E-state index in [0.717, 1.165) is 18.2 Å². The SMILES string of the molecule is COc1ccccc1C(CN)C(O)c1cc(F)cc(F)c1. The van der Waals surface area contributed by atoms with Crippen molar-refractivity contribution in [3.05, 3.63) is 65.2 Å². The minimum absolute atomic E-state index is 0.111. The highest BCUT2D eigenvalue weighted by Crippen LogP contribution is 2.35. The molecular formula is C16H17F2NO2. The van der Waals surface area contributed by atoms with Crippen LogP contribution in [0, 0.1) is 11.6 Å². The van der Waals surface area contributed by atoms with E-state index in [1.54, 1.807) is 24.3 Å². The molecule has 21 heavy (non-hydrogen) atoms. The van der Waals surface area contributed by atoms with E-state index in [2.05, 4.69) is 0 Å². The predicted molar refractivity (Wildman–Crippen MR) is 76.1 cm³/mol. The maximum atomic E-state index is 13.3. The highest BCUT2D eigenvalue weighted by atomic mass is 19.1. The largest absolute Gasteiger partial charge is 0.496 e. The standard InChI is InChI=1S/C16H17F2NO2/c1-21-15-5-3-2-4-13(15)14(9-19)16(20)10-6-11(17)8-12(18)7-10/h2-8,14,16,20H,9,19H2,1H3. The average Bonchev–Trinajstić information content (AvgIpc) is 2.47. The normalized spacial score (nSPS) is 13.8. The van der Waals surface area contributed by atoms with Crippen molar-refractivity contribution < 1.29 is 18.6 Å². The monoisotopic (exact) mass is 293 g/mol. The molecule has 0 spiro atoms. The Bertz CT molecular complexity index is 599. The van der Waals surface area contributed by atoms with Crippen LogP contribution in [-0.2, 0) is 0 Å². The molecule has 2 atom stereocenters. The van der Waals surface area contributed by atoms with Crippen LogP contribution in [0.1, 0.15) is 23.1 Å². The molecule has 112 valence electrons. The summed E-state index contributed by atoms with van der Waals surface area (Å²) in [7, 11) is 1.51. The van der Waals surface area contributed by atoms with Crippen LogP contribution in [0.3, 0.4) is 0 Å². The second-order valence-electron chi connectivity index (χ2n) is 4.73. The summed E-state index contributed by atoms with van der Waals surface area (Å²) in [6, 6.07) is 10.1. The first kappa shape index (κ1) is 15.4. The van der Waals surface area contributed by atoms with E-state index in [1.807, 2.05) is 0 Å². The maximum Gasteiger partial charge on any atom is 0.126 e. The molecule has 2 aromatic carbocycles. The van der Waals surface area contributed by atoms with Crippen molar-refractivity contribution in [3.63, 3.8) is 0 Å². The molecule has 0 aliphatic carbocycles. The average molecular weight is 293 g/mol. The lowest BCUT2D eigenvalue weighted by Gasteiger charge is -2.24. The van der Waals surface area contributed by atoms with Crippen molar-refractivity contribution in [3.8, 4) is 5.75 Å². The molecule has 2 unspecified atom stereocenters. The van der Waals surface area contributed by atoms with Gasteiger partial charge in [0.15, 0.2) is 0 Å². The molecule has 2 aromatic rings. The van der Waals surface area contributed by atoms with E-state index in [4.69, 9.17) is 10.5 Å². The number of benzene rings is 2. The highest BCUT2D eigenvalue weighted by molar-refractivity contribution is 5.38. The zero-order chi connectivity index (χ0) is 15.4. The molecule has 2 rings (SSSR count). The fraction of sp³-hybridized carbons (Fsp3) is 0.250. The van der Waals surface area contributed by atoms with Crippen molar-refractivity contribution in [2.75, 3.05) is 13.7 Å². The molecule has 0 saturated heterocycles. The first-order chi connectivity index (χ1) is 10.1. The number of methoxy groups -OCH3 is 1. The van der Waals surface area contributed by atoms with Crippen LogP contribution in [0.2, 0.25) is 0 Å². The van der Waals surface area contributed by atoms with Gasteiger partial charge in [-0.05, 0) is 23.8 Å². The Balaban J connectivity index is 2.40. The lowest BCUT2D eigenvalue weighted by molar-refractivity contribution is 0.145. The summed E-state index contributed by atoms with van der Waals surface area (Å²) in [5.74, 6) is -1.43.